The van der Waals surface area contributed by atoms with E-state index < -0.39 is 0 Å². The normalized spacial score (nSPS) is 15.7. The molecule has 0 rings (SSSR count). The Kier molecular flexibility index (Phi) is 9.00. The van der Waals surface area contributed by atoms with Crippen LogP contribution in [-0.2, 0) is 4.74 Å². The van der Waals surface area contributed by atoms with Gasteiger partial charge in [0.1, 0.15) is 0 Å². The number of hydrogen-bond acceptors (Lipinski definition) is 1. The van der Waals surface area contributed by atoms with Gasteiger partial charge in [0.25, 0.3) is 0 Å². The van der Waals surface area contributed by atoms with Crippen LogP contribution in [0.3, 0.4) is 0 Å². The minimum Gasteiger partial charge on any atom is -0.379 e. The number of rotatable bonds is 8. The van der Waals surface area contributed by atoms with Crippen LogP contribution in [0.25, 0.3) is 0 Å². The van der Waals surface area contributed by atoms with E-state index in [1.807, 2.05) is 0 Å². The zero-order chi connectivity index (χ0) is 10.1. The van der Waals surface area contributed by atoms with Crippen LogP contribution < -0.4 is 0 Å². The van der Waals surface area contributed by atoms with Gasteiger partial charge in [-0.25, -0.2) is 0 Å². The van der Waals surface area contributed by atoms with Crippen molar-refractivity contribution in [3.63, 3.8) is 0 Å². The first-order valence-electron chi connectivity index (χ1n) is 5.38. The first-order chi connectivity index (χ1) is 6.20. The molecule has 2 atom stereocenters. The quantitative estimate of drug-likeness (QED) is 0.549. The second kappa shape index (κ2) is 8.83. The van der Waals surface area contributed by atoms with Crippen LogP contribution in [0.4, 0.5) is 0 Å². The van der Waals surface area contributed by atoms with Gasteiger partial charge in [-0.1, -0.05) is 20.3 Å². The average Bonchev–Trinajstić information content (AvgIpc) is 2.05. The predicted octanol–water partition coefficient (Wildman–Crippen LogP) is 3.85. The topological polar surface area (TPSA) is 9.23 Å². The third kappa shape index (κ3) is 8.58. The summed E-state index contributed by atoms with van der Waals surface area (Å²) in [5.74, 6) is 1.47. The van der Waals surface area contributed by atoms with Crippen molar-refractivity contribution in [1.29, 1.82) is 0 Å². The van der Waals surface area contributed by atoms with Gasteiger partial charge in [0.2, 0.25) is 0 Å². The number of ether oxygens (including phenoxy) is 1. The number of hydrogen-bond donors (Lipinski definition) is 0. The predicted molar refractivity (Wildman–Crippen MR) is 59.4 cm³/mol. The minimum absolute atomic E-state index is 0.424. The highest BCUT2D eigenvalue weighted by Gasteiger charge is 2.03. The third-order valence-electron chi connectivity index (χ3n) is 2.31. The molecule has 13 heavy (non-hydrogen) atoms. The minimum atomic E-state index is 0.424. The Morgan fingerprint density at radius 2 is 1.85 bits per heavy atom. The smallest absolute Gasteiger partial charge is 0.0546 e. The van der Waals surface area contributed by atoms with Gasteiger partial charge in [-0.2, -0.15) is 0 Å². The van der Waals surface area contributed by atoms with E-state index in [9.17, 15) is 0 Å². The molecule has 2 heteroatoms. The summed E-state index contributed by atoms with van der Waals surface area (Å²) in [5, 5.41) is 0. The van der Waals surface area contributed by atoms with Crippen molar-refractivity contribution in [3.8, 4) is 0 Å². The number of alkyl halides is 1. The highest BCUT2D eigenvalue weighted by molar-refractivity contribution is 6.17. The van der Waals surface area contributed by atoms with Gasteiger partial charge in [0.15, 0.2) is 0 Å². The van der Waals surface area contributed by atoms with E-state index in [1.54, 1.807) is 0 Å². The Hall–Kier alpha value is 0.250. The van der Waals surface area contributed by atoms with Crippen molar-refractivity contribution in [2.24, 2.45) is 5.92 Å². The molecular formula is C11H23ClO. The molecule has 0 aromatic heterocycles. The van der Waals surface area contributed by atoms with Crippen LogP contribution in [0, 0.1) is 5.92 Å². The van der Waals surface area contributed by atoms with Gasteiger partial charge in [-0.3, -0.25) is 0 Å². The van der Waals surface area contributed by atoms with Crippen LogP contribution in [0.2, 0.25) is 0 Å². The SMILES string of the molecule is CCCC(C)OCCC(C)CCCl. The van der Waals surface area contributed by atoms with E-state index in [1.165, 1.54) is 12.8 Å². The van der Waals surface area contributed by atoms with Crippen LogP contribution in [0.15, 0.2) is 0 Å². The molecule has 0 radical (unpaired) electrons. The maximum atomic E-state index is 5.66. The molecule has 0 amide bonds. The van der Waals surface area contributed by atoms with E-state index in [0.29, 0.717) is 12.0 Å². The molecule has 0 fully saturated rings. The molecule has 2 unspecified atom stereocenters. The maximum absolute atomic E-state index is 5.66. The number of halogens is 1. The lowest BCUT2D eigenvalue weighted by Crippen LogP contribution is -2.11. The largest absolute Gasteiger partial charge is 0.379 e. The van der Waals surface area contributed by atoms with Crippen molar-refractivity contribution < 1.29 is 4.74 Å². The maximum Gasteiger partial charge on any atom is 0.0546 e. The summed E-state index contributed by atoms with van der Waals surface area (Å²) in [4.78, 5) is 0. The summed E-state index contributed by atoms with van der Waals surface area (Å²) in [5.41, 5.74) is 0. The second-order valence-electron chi connectivity index (χ2n) is 3.84. The standard InChI is InChI=1S/C11H23ClO/c1-4-5-11(3)13-9-7-10(2)6-8-12/h10-11H,4-9H2,1-3H3. The van der Waals surface area contributed by atoms with Crippen LogP contribution >= 0.6 is 11.6 Å². The molecular weight excluding hydrogens is 184 g/mol. The molecule has 0 saturated carbocycles. The highest BCUT2D eigenvalue weighted by atomic mass is 35.5. The summed E-state index contributed by atoms with van der Waals surface area (Å²) in [6.07, 6.45) is 5.05. The molecule has 0 aromatic carbocycles. The zero-order valence-corrected chi connectivity index (χ0v) is 9.94. The molecule has 0 aliphatic carbocycles. The molecule has 1 nitrogen and oxygen atoms in total. The molecule has 0 aliphatic rings. The van der Waals surface area contributed by atoms with Crippen LogP contribution in [0.1, 0.15) is 46.5 Å². The summed E-state index contributed by atoms with van der Waals surface area (Å²) >= 11 is 5.65. The second-order valence-corrected chi connectivity index (χ2v) is 4.22. The van der Waals surface area contributed by atoms with Gasteiger partial charge >= 0.3 is 0 Å². The van der Waals surface area contributed by atoms with Crippen molar-refractivity contribution >= 4 is 11.6 Å². The van der Waals surface area contributed by atoms with E-state index in [4.69, 9.17) is 16.3 Å². The molecule has 0 spiro atoms. The average molecular weight is 207 g/mol. The Morgan fingerprint density at radius 1 is 1.15 bits per heavy atom. The third-order valence-corrected chi connectivity index (χ3v) is 2.53. The fourth-order valence-electron chi connectivity index (χ4n) is 1.29. The van der Waals surface area contributed by atoms with E-state index in [2.05, 4.69) is 20.8 Å². The van der Waals surface area contributed by atoms with Crippen LogP contribution in [-0.4, -0.2) is 18.6 Å². The van der Waals surface area contributed by atoms with E-state index >= 15 is 0 Å². The Morgan fingerprint density at radius 3 is 2.38 bits per heavy atom. The van der Waals surface area contributed by atoms with Gasteiger partial charge < -0.3 is 4.74 Å². The van der Waals surface area contributed by atoms with Crippen molar-refractivity contribution in [1.82, 2.24) is 0 Å². The molecule has 0 bridgehead atoms. The summed E-state index contributed by atoms with van der Waals surface area (Å²) in [7, 11) is 0. The fraction of sp³-hybridized carbons (Fsp3) is 1.00. The van der Waals surface area contributed by atoms with Gasteiger partial charge in [-0.15, -0.1) is 11.6 Å². The lowest BCUT2D eigenvalue weighted by Gasteiger charge is -2.14. The summed E-state index contributed by atoms with van der Waals surface area (Å²) < 4.78 is 5.66. The lowest BCUT2D eigenvalue weighted by molar-refractivity contribution is 0.0516. The summed E-state index contributed by atoms with van der Waals surface area (Å²) in [6.45, 7) is 7.46. The van der Waals surface area contributed by atoms with Gasteiger partial charge in [-0.05, 0) is 32.1 Å². The lowest BCUT2D eigenvalue weighted by atomic mass is 10.1. The zero-order valence-electron chi connectivity index (χ0n) is 9.18. The fourth-order valence-corrected chi connectivity index (χ4v) is 1.66. The highest BCUT2D eigenvalue weighted by Crippen LogP contribution is 2.10. The molecule has 0 saturated heterocycles. The first-order valence-corrected chi connectivity index (χ1v) is 5.91. The Balaban J connectivity index is 3.23. The van der Waals surface area contributed by atoms with Gasteiger partial charge in [0.05, 0.1) is 6.10 Å². The summed E-state index contributed by atoms with van der Waals surface area (Å²) in [6, 6.07) is 0. The Bertz CT molecular complexity index is 94.3. The first kappa shape index (κ1) is 13.2. The molecule has 80 valence electrons. The molecule has 0 heterocycles. The molecule has 0 aliphatic heterocycles. The van der Waals surface area contributed by atoms with Crippen LogP contribution in [0.5, 0.6) is 0 Å². The van der Waals surface area contributed by atoms with Gasteiger partial charge in [0, 0.05) is 12.5 Å². The van der Waals surface area contributed by atoms with Crippen molar-refractivity contribution in [2.75, 3.05) is 12.5 Å². The molecule has 0 N–H and O–H groups in total. The van der Waals surface area contributed by atoms with E-state index in [-0.39, 0.29) is 0 Å². The monoisotopic (exact) mass is 206 g/mol. The van der Waals surface area contributed by atoms with E-state index in [0.717, 1.165) is 25.3 Å². The van der Waals surface area contributed by atoms with Crippen molar-refractivity contribution in [2.45, 2.75) is 52.6 Å². The van der Waals surface area contributed by atoms with Crippen molar-refractivity contribution in [3.05, 3.63) is 0 Å². The Labute approximate surface area is 87.8 Å². The molecule has 0 aromatic rings.